The molecule has 0 radical (unpaired) electrons. The van der Waals surface area contributed by atoms with Crippen molar-refractivity contribution in [2.75, 3.05) is 6.54 Å². The van der Waals surface area contributed by atoms with Crippen LogP contribution in [0.25, 0.3) is 11.4 Å². The van der Waals surface area contributed by atoms with E-state index in [1.54, 1.807) is 4.90 Å². The van der Waals surface area contributed by atoms with Crippen molar-refractivity contribution in [1.29, 1.82) is 5.41 Å². The average molecular weight is 287 g/mol. The fourth-order valence-electron chi connectivity index (χ4n) is 2.50. The molecule has 7 heteroatoms. The molecule has 2 heterocycles. The van der Waals surface area contributed by atoms with E-state index in [1.165, 1.54) is 0 Å². The largest absolute Gasteiger partial charge is 0.391 e. The summed E-state index contributed by atoms with van der Waals surface area (Å²) in [5, 5.41) is 21.3. The van der Waals surface area contributed by atoms with Crippen molar-refractivity contribution in [1.82, 2.24) is 15.0 Å². The van der Waals surface area contributed by atoms with Crippen LogP contribution in [0.3, 0.4) is 0 Å². The summed E-state index contributed by atoms with van der Waals surface area (Å²) in [7, 11) is 0. The van der Waals surface area contributed by atoms with Gasteiger partial charge in [0.1, 0.15) is 6.04 Å². The molecule has 1 aromatic carbocycles. The number of benzene rings is 1. The van der Waals surface area contributed by atoms with Gasteiger partial charge in [-0.05, 0) is 6.92 Å². The Balaban J connectivity index is 1.87. The molecule has 110 valence electrons. The highest BCUT2D eigenvalue weighted by molar-refractivity contribution is 5.75. The first-order chi connectivity index (χ1) is 10.0. The Morgan fingerprint density at radius 1 is 1.43 bits per heavy atom. The number of hydrogen-bond donors (Lipinski definition) is 3. The predicted molar refractivity (Wildman–Crippen MR) is 76.5 cm³/mol. The van der Waals surface area contributed by atoms with E-state index in [1.807, 2.05) is 31.2 Å². The molecule has 2 aromatic rings. The second kappa shape index (κ2) is 5.17. The molecular formula is C14H17N5O2. The fraction of sp³-hybridized carbons (Fsp3) is 0.357. The molecule has 2 atom stereocenters. The number of hydrogen-bond acceptors (Lipinski definition) is 5. The number of nitrogens with zero attached hydrogens (tertiary/aromatic N) is 3. The van der Waals surface area contributed by atoms with Crippen LogP contribution in [0.4, 0.5) is 0 Å². The monoisotopic (exact) mass is 287 g/mol. The number of nitrogens with two attached hydrogens (primary N) is 1. The van der Waals surface area contributed by atoms with Crippen LogP contribution in [0.5, 0.6) is 0 Å². The lowest BCUT2D eigenvalue weighted by Gasteiger charge is -2.20. The number of aryl methyl sites for hydroxylation is 1. The van der Waals surface area contributed by atoms with Gasteiger partial charge in [0.05, 0.1) is 6.10 Å². The zero-order valence-electron chi connectivity index (χ0n) is 11.7. The summed E-state index contributed by atoms with van der Waals surface area (Å²) < 4.78 is 5.30. The summed E-state index contributed by atoms with van der Waals surface area (Å²) in [4.78, 5) is 5.94. The van der Waals surface area contributed by atoms with Crippen LogP contribution < -0.4 is 5.73 Å². The Hall–Kier alpha value is -2.41. The summed E-state index contributed by atoms with van der Waals surface area (Å²) in [5.41, 5.74) is 7.55. The number of rotatable bonds is 2. The van der Waals surface area contributed by atoms with Gasteiger partial charge in [-0.1, -0.05) is 35.0 Å². The third kappa shape index (κ3) is 2.59. The van der Waals surface area contributed by atoms with Crippen LogP contribution in [-0.2, 0) is 0 Å². The maximum atomic E-state index is 9.75. The van der Waals surface area contributed by atoms with Gasteiger partial charge >= 0.3 is 0 Å². The van der Waals surface area contributed by atoms with E-state index < -0.39 is 6.10 Å². The van der Waals surface area contributed by atoms with E-state index in [0.717, 1.165) is 11.1 Å². The van der Waals surface area contributed by atoms with Gasteiger partial charge in [0.25, 0.3) is 0 Å². The van der Waals surface area contributed by atoms with Gasteiger partial charge < -0.3 is 20.3 Å². The Morgan fingerprint density at radius 2 is 2.14 bits per heavy atom. The summed E-state index contributed by atoms with van der Waals surface area (Å²) in [6.45, 7) is 2.32. The molecule has 1 saturated heterocycles. The van der Waals surface area contributed by atoms with Gasteiger partial charge in [-0.2, -0.15) is 4.98 Å². The minimum absolute atomic E-state index is 0.105. The number of aliphatic hydroxyl groups excluding tert-OH is 1. The van der Waals surface area contributed by atoms with Crippen LogP contribution >= 0.6 is 0 Å². The summed E-state index contributed by atoms with van der Waals surface area (Å²) in [6, 6.07) is 7.47. The molecule has 21 heavy (non-hydrogen) atoms. The highest BCUT2D eigenvalue weighted by atomic mass is 16.5. The number of likely N-dealkylation sites (tertiary alicyclic amines) is 1. The van der Waals surface area contributed by atoms with Crippen molar-refractivity contribution in [3.63, 3.8) is 0 Å². The maximum Gasteiger partial charge on any atom is 0.249 e. The normalized spacial score (nSPS) is 21.7. The van der Waals surface area contributed by atoms with E-state index >= 15 is 0 Å². The highest BCUT2D eigenvalue weighted by Gasteiger charge is 2.36. The molecule has 7 nitrogen and oxygen atoms in total. The van der Waals surface area contributed by atoms with E-state index in [0.29, 0.717) is 24.7 Å². The third-order valence-corrected chi connectivity index (χ3v) is 3.62. The molecule has 0 amide bonds. The van der Waals surface area contributed by atoms with Crippen LogP contribution in [-0.4, -0.2) is 38.8 Å². The van der Waals surface area contributed by atoms with Gasteiger partial charge in [-0.25, -0.2) is 0 Å². The summed E-state index contributed by atoms with van der Waals surface area (Å²) >= 11 is 0. The first-order valence-electron chi connectivity index (χ1n) is 6.74. The highest BCUT2D eigenvalue weighted by Crippen LogP contribution is 2.31. The van der Waals surface area contributed by atoms with Crippen LogP contribution in [0.2, 0.25) is 0 Å². The first-order valence-corrected chi connectivity index (χ1v) is 6.74. The lowest BCUT2D eigenvalue weighted by molar-refractivity contribution is 0.187. The third-order valence-electron chi connectivity index (χ3n) is 3.62. The molecular weight excluding hydrogens is 270 g/mol. The number of aromatic nitrogens is 2. The molecule has 1 fully saturated rings. The van der Waals surface area contributed by atoms with E-state index in [2.05, 4.69) is 10.1 Å². The van der Waals surface area contributed by atoms with Gasteiger partial charge in [-0.3, -0.25) is 5.41 Å². The number of guanidine groups is 1. The Labute approximate surface area is 121 Å². The maximum absolute atomic E-state index is 9.75. The zero-order valence-corrected chi connectivity index (χ0v) is 11.7. The van der Waals surface area contributed by atoms with E-state index in [4.69, 9.17) is 15.7 Å². The Morgan fingerprint density at radius 3 is 2.81 bits per heavy atom. The second-order valence-electron chi connectivity index (χ2n) is 5.27. The lowest BCUT2D eigenvalue weighted by atomic mass is 10.1. The average Bonchev–Trinajstić information content (AvgIpc) is 3.06. The predicted octanol–water partition coefficient (Wildman–Crippen LogP) is 1.05. The van der Waals surface area contributed by atoms with Crippen molar-refractivity contribution in [3.8, 4) is 11.4 Å². The van der Waals surface area contributed by atoms with Gasteiger partial charge in [-0.15, -0.1) is 0 Å². The first kappa shape index (κ1) is 13.6. The standard InChI is InChI=1S/C14H17N5O2/c1-8-2-4-9(5-3-8)12-17-13(21-18-12)11-6-10(20)7-19(11)14(15)16/h2-5,10-11,20H,6-7H2,1H3,(H3,15,16)/t10-,11-/m0/s1. The molecule has 3 rings (SSSR count). The van der Waals surface area contributed by atoms with Crippen LogP contribution in [0.1, 0.15) is 23.9 Å². The van der Waals surface area contributed by atoms with Gasteiger partial charge in [0.15, 0.2) is 5.96 Å². The molecule has 0 saturated carbocycles. The fourth-order valence-corrected chi connectivity index (χ4v) is 2.50. The molecule has 0 spiro atoms. The second-order valence-corrected chi connectivity index (χ2v) is 5.27. The smallest absolute Gasteiger partial charge is 0.249 e. The molecule has 4 N–H and O–H groups in total. The van der Waals surface area contributed by atoms with E-state index in [9.17, 15) is 5.11 Å². The minimum atomic E-state index is -0.548. The van der Waals surface area contributed by atoms with Crippen LogP contribution in [0.15, 0.2) is 28.8 Å². The number of nitrogens with one attached hydrogen (secondary N) is 1. The molecule has 1 aliphatic rings. The molecule has 1 aromatic heterocycles. The molecule has 0 bridgehead atoms. The number of β-amino-alcohol motifs (C(OH)–C–C–N with tert-alkyl or cyclic N) is 1. The van der Waals surface area contributed by atoms with Crippen molar-refractivity contribution >= 4 is 5.96 Å². The zero-order chi connectivity index (χ0) is 15.0. The van der Waals surface area contributed by atoms with E-state index in [-0.39, 0.29) is 12.0 Å². The van der Waals surface area contributed by atoms with Crippen molar-refractivity contribution in [3.05, 3.63) is 35.7 Å². The van der Waals surface area contributed by atoms with Crippen molar-refractivity contribution < 1.29 is 9.63 Å². The Bertz CT molecular complexity index is 652. The van der Waals surface area contributed by atoms with Crippen molar-refractivity contribution in [2.45, 2.75) is 25.5 Å². The molecule has 1 aliphatic heterocycles. The van der Waals surface area contributed by atoms with Gasteiger partial charge in [0.2, 0.25) is 11.7 Å². The SMILES string of the molecule is Cc1ccc(-c2noc([C@@H]3C[C@H](O)CN3C(=N)N)n2)cc1. The lowest BCUT2D eigenvalue weighted by Crippen LogP contribution is -2.36. The topological polar surface area (TPSA) is 112 Å². The van der Waals surface area contributed by atoms with Gasteiger partial charge in [0, 0.05) is 18.5 Å². The summed E-state index contributed by atoms with van der Waals surface area (Å²) in [5.74, 6) is 0.763. The number of aliphatic hydroxyl groups is 1. The van der Waals surface area contributed by atoms with Crippen molar-refractivity contribution in [2.24, 2.45) is 5.73 Å². The summed E-state index contributed by atoms with van der Waals surface area (Å²) in [6.07, 6.45) is -0.122. The Kier molecular flexibility index (Phi) is 3.34. The quantitative estimate of drug-likeness (QED) is 0.562. The molecule has 0 aliphatic carbocycles. The van der Waals surface area contributed by atoms with Crippen LogP contribution in [0, 0.1) is 12.3 Å². The molecule has 0 unspecified atom stereocenters. The minimum Gasteiger partial charge on any atom is -0.391 e.